The van der Waals surface area contributed by atoms with Crippen LogP contribution in [0.5, 0.6) is 0 Å². The molecule has 4 rings (SSSR count). The molecule has 0 aliphatic heterocycles. The Labute approximate surface area is 193 Å². The molecule has 33 heavy (non-hydrogen) atoms. The molecule has 3 N–H and O–H groups in total. The molecule has 2 unspecified atom stereocenters. The fraction of sp³-hybridized carbons (Fsp3) is 0.423. The van der Waals surface area contributed by atoms with Crippen LogP contribution < -0.4 is 10.6 Å². The number of carbonyl (C=O) groups excluding carboxylic acids is 2. The van der Waals surface area contributed by atoms with Gasteiger partial charge in [0.1, 0.15) is 6.61 Å². The van der Waals surface area contributed by atoms with E-state index in [1.807, 2.05) is 31.2 Å². The standard InChI is InChI=1S/C26H30N2O5/c1-2-17(14-24(29)27-18-12-11-16(13-18)25(30)31)28-26(32)33-15-23-21-9-5-3-7-19(21)20-8-4-6-10-22(20)23/h3-10,16-18,23H,2,11-15H2,1H3,(H,27,29)(H,28,32)(H,30,31)/t16?,17-,18?/m0/s1. The zero-order chi connectivity index (χ0) is 23.4. The molecule has 0 bridgehead atoms. The highest BCUT2D eigenvalue weighted by atomic mass is 16.5. The summed E-state index contributed by atoms with van der Waals surface area (Å²) in [7, 11) is 0. The van der Waals surface area contributed by atoms with Crippen molar-refractivity contribution in [2.45, 2.75) is 57.0 Å². The first-order chi connectivity index (χ1) is 16.0. The molecular weight excluding hydrogens is 420 g/mol. The van der Waals surface area contributed by atoms with Gasteiger partial charge in [-0.3, -0.25) is 9.59 Å². The number of hydrogen-bond donors (Lipinski definition) is 3. The van der Waals surface area contributed by atoms with Crippen molar-refractivity contribution in [1.82, 2.24) is 10.6 Å². The maximum absolute atomic E-state index is 12.5. The minimum Gasteiger partial charge on any atom is -0.481 e. The molecule has 7 nitrogen and oxygen atoms in total. The number of carbonyl (C=O) groups is 3. The third-order valence-electron chi connectivity index (χ3n) is 6.74. The molecule has 1 saturated carbocycles. The highest BCUT2D eigenvalue weighted by Crippen LogP contribution is 2.44. The van der Waals surface area contributed by atoms with E-state index < -0.39 is 18.0 Å². The second kappa shape index (κ2) is 10.1. The summed E-state index contributed by atoms with van der Waals surface area (Å²) >= 11 is 0. The molecular formula is C26H30N2O5. The number of rotatable bonds is 8. The van der Waals surface area contributed by atoms with Crippen molar-refractivity contribution in [3.05, 3.63) is 59.7 Å². The first-order valence-electron chi connectivity index (χ1n) is 11.6. The molecule has 2 amide bonds. The average molecular weight is 451 g/mol. The SMILES string of the molecule is CC[C@@H](CC(=O)NC1CCC(C(=O)O)C1)NC(=O)OCC1c2ccccc2-c2ccccc21. The Bertz CT molecular complexity index is 991. The van der Waals surface area contributed by atoms with E-state index in [2.05, 4.69) is 34.9 Å². The van der Waals surface area contributed by atoms with Crippen LogP contribution in [0, 0.1) is 5.92 Å². The molecule has 2 aromatic carbocycles. The number of nitrogens with one attached hydrogen (secondary N) is 2. The quantitative estimate of drug-likeness (QED) is 0.563. The predicted molar refractivity (Wildman–Crippen MR) is 124 cm³/mol. The maximum atomic E-state index is 12.5. The largest absolute Gasteiger partial charge is 0.481 e. The molecule has 174 valence electrons. The maximum Gasteiger partial charge on any atom is 0.407 e. The Morgan fingerprint density at radius 1 is 1.03 bits per heavy atom. The molecule has 0 heterocycles. The van der Waals surface area contributed by atoms with E-state index >= 15 is 0 Å². The van der Waals surface area contributed by atoms with E-state index in [4.69, 9.17) is 9.84 Å². The molecule has 2 aliphatic carbocycles. The van der Waals surface area contributed by atoms with Gasteiger partial charge in [0.25, 0.3) is 0 Å². The van der Waals surface area contributed by atoms with Gasteiger partial charge >= 0.3 is 12.1 Å². The van der Waals surface area contributed by atoms with Crippen LogP contribution in [0.25, 0.3) is 11.1 Å². The van der Waals surface area contributed by atoms with Crippen LogP contribution >= 0.6 is 0 Å². The lowest BCUT2D eigenvalue weighted by Crippen LogP contribution is -2.41. The summed E-state index contributed by atoms with van der Waals surface area (Å²) < 4.78 is 5.58. The van der Waals surface area contributed by atoms with Crippen molar-refractivity contribution in [2.75, 3.05) is 6.61 Å². The second-order valence-corrected chi connectivity index (χ2v) is 8.89. The van der Waals surface area contributed by atoms with Gasteiger partial charge in [-0.2, -0.15) is 0 Å². The number of amides is 2. The molecule has 7 heteroatoms. The first-order valence-corrected chi connectivity index (χ1v) is 11.6. The lowest BCUT2D eigenvalue weighted by atomic mass is 9.98. The monoisotopic (exact) mass is 450 g/mol. The van der Waals surface area contributed by atoms with Gasteiger partial charge in [0.2, 0.25) is 5.91 Å². The van der Waals surface area contributed by atoms with Crippen molar-refractivity contribution in [3.8, 4) is 11.1 Å². The van der Waals surface area contributed by atoms with E-state index in [0.717, 1.165) is 11.1 Å². The number of aliphatic carboxylic acids is 1. The van der Waals surface area contributed by atoms with Crippen LogP contribution in [0.1, 0.15) is 56.1 Å². The Kier molecular flexibility index (Phi) is 6.96. The normalized spacial score (nSPS) is 19.9. The predicted octanol–water partition coefficient (Wildman–Crippen LogP) is 4.06. The Morgan fingerprint density at radius 3 is 2.24 bits per heavy atom. The average Bonchev–Trinajstić information content (AvgIpc) is 3.40. The van der Waals surface area contributed by atoms with Crippen molar-refractivity contribution in [1.29, 1.82) is 0 Å². The van der Waals surface area contributed by atoms with Gasteiger partial charge < -0.3 is 20.5 Å². The number of fused-ring (bicyclic) bond motifs is 3. The summed E-state index contributed by atoms with van der Waals surface area (Å²) in [6.45, 7) is 2.12. The van der Waals surface area contributed by atoms with Crippen LogP contribution in [0.15, 0.2) is 48.5 Å². The Hall–Kier alpha value is -3.35. The van der Waals surface area contributed by atoms with Crippen LogP contribution in [0.4, 0.5) is 4.79 Å². The van der Waals surface area contributed by atoms with Crippen molar-refractivity contribution < 1.29 is 24.2 Å². The minimum absolute atomic E-state index is 0.0175. The molecule has 2 aliphatic rings. The zero-order valence-electron chi connectivity index (χ0n) is 18.8. The number of ether oxygens (including phenoxy) is 1. The third-order valence-corrected chi connectivity index (χ3v) is 6.74. The van der Waals surface area contributed by atoms with Gasteiger partial charge in [-0.15, -0.1) is 0 Å². The molecule has 0 spiro atoms. The fourth-order valence-electron chi connectivity index (χ4n) is 4.95. The Morgan fingerprint density at radius 2 is 1.67 bits per heavy atom. The van der Waals surface area contributed by atoms with Gasteiger partial charge in [-0.05, 0) is 47.9 Å². The zero-order valence-corrected chi connectivity index (χ0v) is 18.8. The van der Waals surface area contributed by atoms with E-state index in [1.165, 1.54) is 11.1 Å². The molecule has 0 aromatic heterocycles. The summed E-state index contributed by atoms with van der Waals surface area (Å²) in [6, 6.07) is 15.8. The van der Waals surface area contributed by atoms with Crippen molar-refractivity contribution in [3.63, 3.8) is 0 Å². The highest BCUT2D eigenvalue weighted by Gasteiger charge is 2.31. The molecule has 1 fully saturated rings. The van der Waals surface area contributed by atoms with Gasteiger partial charge in [-0.25, -0.2) is 4.79 Å². The number of carboxylic acids is 1. The molecule has 0 saturated heterocycles. The Balaban J connectivity index is 1.28. The summed E-state index contributed by atoms with van der Waals surface area (Å²) in [5.74, 6) is -1.40. The second-order valence-electron chi connectivity index (χ2n) is 8.89. The minimum atomic E-state index is -0.810. The number of carboxylic acid groups (broad SMARTS) is 1. The number of benzene rings is 2. The lowest BCUT2D eigenvalue weighted by Gasteiger charge is -2.20. The van der Waals surface area contributed by atoms with Gasteiger partial charge in [0.15, 0.2) is 0 Å². The topological polar surface area (TPSA) is 105 Å². The molecule has 2 aromatic rings. The summed E-state index contributed by atoms with van der Waals surface area (Å²) in [4.78, 5) is 36.0. The van der Waals surface area contributed by atoms with Crippen LogP contribution in [0.3, 0.4) is 0 Å². The molecule has 3 atom stereocenters. The third kappa shape index (κ3) is 5.18. The number of hydrogen-bond acceptors (Lipinski definition) is 4. The lowest BCUT2D eigenvalue weighted by molar-refractivity contribution is -0.141. The highest BCUT2D eigenvalue weighted by molar-refractivity contribution is 5.80. The first kappa shape index (κ1) is 22.8. The van der Waals surface area contributed by atoms with Crippen LogP contribution in [0.2, 0.25) is 0 Å². The van der Waals surface area contributed by atoms with Gasteiger partial charge in [-0.1, -0.05) is 55.5 Å². The van der Waals surface area contributed by atoms with Crippen molar-refractivity contribution in [2.24, 2.45) is 5.92 Å². The van der Waals surface area contributed by atoms with Crippen molar-refractivity contribution >= 4 is 18.0 Å². The van der Waals surface area contributed by atoms with E-state index in [-0.39, 0.29) is 36.9 Å². The summed E-state index contributed by atoms with van der Waals surface area (Å²) in [5, 5.41) is 14.8. The van der Waals surface area contributed by atoms with E-state index in [0.29, 0.717) is 25.7 Å². The van der Waals surface area contributed by atoms with Gasteiger partial charge in [0.05, 0.1) is 5.92 Å². The van der Waals surface area contributed by atoms with E-state index in [1.54, 1.807) is 0 Å². The summed E-state index contributed by atoms with van der Waals surface area (Å²) in [5.41, 5.74) is 4.63. The van der Waals surface area contributed by atoms with Crippen LogP contribution in [-0.4, -0.2) is 41.8 Å². The fourth-order valence-corrected chi connectivity index (χ4v) is 4.95. The van der Waals surface area contributed by atoms with Crippen LogP contribution in [-0.2, 0) is 14.3 Å². The number of alkyl carbamates (subject to hydrolysis) is 1. The van der Waals surface area contributed by atoms with E-state index in [9.17, 15) is 14.4 Å². The summed E-state index contributed by atoms with van der Waals surface area (Å²) in [6.07, 6.45) is 1.88. The molecule has 0 radical (unpaired) electrons. The van der Waals surface area contributed by atoms with Gasteiger partial charge in [0, 0.05) is 24.4 Å². The smallest absolute Gasteiger partial charge is 0.407 e.